The minimum atomic E-state index is -0.624. The van der Waals surface area contributed by atoms with Crippen molar-refractivity contribution < 1.29 is 24.8 Å². The van der Waals surface area contributed by atoms with Gasteiger partial charge in [-0.25, -0.2) is 9.59 Å². The molecular formula is C32H53N2O4+. The van der Waals surface area contributed by atoms with Gasteiger partial charge in [0.05, 0.1) is 0 Å². The van der Waals surface area contributed by atoms with E-state index in [1.54, 1.807) is 0 Å². The van der Waals surface area contributed by atoms with Crippen molar-refractivity contribution in [3.05, 3.63) is 29.3 Å². The zero-order valence-corrected chi connectivity index (χ0v) is 24.7. The predicted octanol–water partition coefficient (Wildman–Crippen LogP) is 5.42. The molecule has 0 radical (unpaired) electrons. The van der Waals surface area contributed by atoms with Gasteiger partial charge in [-0.2, -0.15) is 0 Å². The SMILES string of the molecule is CCCCC1c2ccc(OC(=O)[C@@H](N)C(C)C(C)C)cc2CCC1C1CC[C@H](OC(=O)[C@H]([NH3+])CC(C)C)C1. The molecule has 1 aromatic rings. The maximum atomic E-state index is 12.7. The standard InChI is InChI=1S/C32H52N2O4/c1-7-8-9-28-26(22-10-12-24(17-22)37-31(35)29(33)16-19(2)3)14-11-23-18-25(13-15-27(23)28)38-32(36)30(34)21(6)20(4)5/h13,15,18-22,24,26,28-30H,7-12,14,16-17,33-34H2,1-6H3/p+1/t21?,22?,24-,26?,28?,29+,30-/m0/s1. The van der Waals surface area contributed by atoms with Crippen molar-refractivity contribution in [2.75, 3.05) is 0 Å². The lowest BCUT2D eigenvalue weighted by Gasteiger charge is -2.38. The van der Waals surface area contributed by atoms with Gasteiger partial charge in [0, 0.05) is 6.42 Å². The molecule has 2 aliphatic carbocycles. The first kappa shape index (κ1) is 30.6. The maximum Gasteiger partial charge on any atom is 0.365 e. The number of ether oxygens (including phenoxy) is 2. The summed E-state index contributed by atoms with van der Waals surface area (Å²) in [7, 11) is 0. The largest absolute Gasteiger partial charge is 0.458 e. The average molecular weight is 530 g/mol. The van der Waals surface area contributed by atoms with Crippen molar-refractivity contribution in [2.45, 2.75) is 123 Å². The summed E-state index contributed by atoms with van der Waals surface area (Å²) in [5.41, 5.74) is 12.9. The number of fused-ring (bicyclic) bond motifs is 1. The van der Waals surface area contributed by atoms with Crippen molar-refractivity contribution in [3.63, 3.8) is 0 Å². The van der Waals surface area contributed by atoms with Crippen LogP contribution in [0.4, 0.5) is 0 Å². The van der Waals surface area contributed by atoms with Gasteiger partial charge in [-0.05, 0) is 97.3 Å². The number of esters is 2. The highest BCUT2D eigenvalue weighted by atomic mass is 16.5. The molecule has 0 bridgehead atoms. The molecule has 7 atom stereocenters. The molecule has 0 saturated heterocycles. The number of rotatable bonds is 12. The van der Waals surface area contributed by atoms with Crippen LogP contribution in [0.1, 0.15) is 110 Å². The zero-order chi connectivity index (χ0) is 28.0. The predicted molar refractivity (Wildman–Crippen MR) is 151 cm³/mol. The Hall–Kier alpha value is -1.92. The Bertz CT molecular complexity index is 930. The fraction of sp³-hybridized carbons (Fsp3) is 0.750. The maximum absolute atomic E-state index is 12.7. The normalized spacial score (nSPS) is 25.6. The van der Waals surface area contributed by atoms with Crippen molar-refractivity contribution in [3.8, 4) is 5.75 Å². The van der Waals surface area contributed by atoms with Crippen LogP contribution in [0.3, 0.4) is 0 Å². The lowest BCUT2D eigenvalue weighted by Crippen LogP contribution is -2.66. The minimum absolute atomic E-state index is 0.0244. The fourth-order valence-corrected chi connectivity index (χ4v) is 6.54. The van der Waals surface area contributed by atoms with E-state index in [0.717, 1.165) is 38.5 Å². The van der Waals surface area contributed by atoms with E-state index in [2.05, 4.69) is 52.5 Å². The number of carbonyl (C=O) groups excluding carboxylic acids is 2. The highest BCUT2D eigenvalue weighted by Gasteiger charge is 2.40. The number of quaternary nitrogens is 1. The van der Waals surface area contributed by atoms with Crippen LogP contribution in [0.5, 0.6) is 5.75 Å². The monoisotopic (exact) mass is 529 g/mol. The molecule has 6 heteroatoms. The van der Waals surface area contributed by atoms with Crippen LogP contribution in [0.25, 0.3) is 0 Å². The fourth-order valence-electron chi connectivity index (χ4n) is 6.54. The second-order valence-corrected chi connectivity index (χ2v) is 12.8. The number of unbranched alkanes of at least 4 members (excludes halogenated alkanes) is 1. The Kier molecular flexibility index (Phi) is 11.2. The molecule has 5 N–H and O–H groups in total. The number of nitrogens with two attached hydrogens (primary N) is 1. The van der Waals surface area contributed by atoms with Crippen molar-refractivity contribution in [1.82, 2.24) is 0 Å². The van der Waals surface area contributed by atoms with E-state index in [0.29, 0.717) is 35.3 Å². The lowest BCUT2D eigenvalue weighted by atomic mass is 9.67. The Balaban J connectivity index is 1.68. The smallest absolute Gasteiger partial charge is 0.365 e. The summed E-state index contributed by atoms with van der Waals surface area (Å²) in [5.74, 6) is 2.59. The van der Waals surface area contributed by atoms with Gasteiger partial charge in [-0.15, -0.1) is 0 Å². The van der Waals surface area contributed by atoms with Gasteiger partial charge in [0.1, 0.15) is 17.9 Å². The van der Waals surface area contributed by atoms with Crippen LogP contribution in [0.2, 0.25) is 0 Å². The van der Waals surface area contributed by atoms with Crippen LogP contribution in [-0.2, 0) is 20.7 Å². The number of hydrogen-bond donors (Lipinski definition) is 2. The topological polar surface area (TPSA) is 106 Å². The van der Waals surface area contributed by atoms with E-state index in [1.165, 1.54) is 30.4 Å². The number of benzene rings is 1. The van der Waals surface area contributed by atoms with Gasteiger partial charge in [-0.1, -0.05) is 60.5 Å². The van der Waals surface area contributed by atoms with Gasteiger partial charge >= 0.3 is 11.9 Å². The van der Waals surface area contributed by atoms with Crippen molar-refractivity contribution in [2.24, 2.45) is 35.3 Å². The number of hydrogen-bond acceptors (Lipinski definition) is 5. The highest BCUT2D eigenvalue weighted by molar-refractivity contribution is 5.78. The summed E-state index contributed by atoms with van der Waals surface area (Å²) in [6, 6.07) is 5.30. The van der Waals surface area contributed by atoms with E-state index >= 15 is 0 Å². The number of aryl methyl sites for hydroxylation is 1. The molecule has 3 rings (SSSR count). The summed E-state index contributed by atoms with van der Waals surface area (Å²) >= 11 is 0. The Morgan fingerprint density at radius 2 is 1.82 bits per heavy atom. The Labute approximate surface area is 230 Å². The van der Waals surface area contributed by atoms with Gasteiger partial charge in [0.15, 0.2) is 6.04 Å². The second-order valence-electron chi connectivity index (χ2n) is 12.8. The summed E-state index contributed by atoms with van der Waals surface area (Å²) in [4.78, 5) is 25.3. The van der Waals surface area contributed by atoms with Gasteiger partial charge < -0.3 is 20.9 Å². The van der Waals surface area contributed by atoms with E-state index in [9.17, 15) is 9.59 Å². The molecule has 38 heavy (non-hydrogen) atoms. The van der Waals surface area contributed by atoms with Crippen LogP contribution in [0, 0.1) is 29.6 Å². The average Bonchev–Trinajstić information content (AvgIpc) is 3.33. The zero-order valence-electron chi connectivity index (χ0n) is 24.7. The third kappa shape index (κ3) is 7.81. The summed E-state index contributed by atoms with van der Waals surface area (Å²) in [6.45, 7) is 12.6. The molecule has 6 nitrogen and oxygen atoms in total. The first-order valence-corrected chi connectivity index (χ1v) is 15.1. The molecule has 0 amide bonds. The molecule has 0 heterocycles. The molecule has 1 aromatic carbocycles. The quantitative estimate of drug-likeness (QED) is 0.278. The van der Waals surface area contributed by atoms with Crippen LogP contribution in [0.15, 0.2) is 18.2 Å². The molecule has 214 valence electrons. The Morgan fingerprint density at radius 1 is 1.08 bits per heavy atom. The molecule has 0 spiro atoms. The van der Waals surface area contributed by atoms with E-state index < -0.39 is 6.04 Å². The summed E-state index contributed by atoms with van der Waals surface area (Å²) in [6.07, 6.45) is 9.48. The number of carbonyl (C=O) groups is 2. The first-order chi connectivity index (χ1) is 18.0. The molecule has 1 saturated carbocycles. The van der Waals surface area contributed by atoms with Crippen molar-refractivity contribution >= 4 is 11.9 Å². The molecule has 1 fully saturated rings. The first-order valence-electron chi connectivity index (χ1n) is 15.1. The molecule has 4 unspecified atom stereocenters. The van der Waals surface area contributed by atoms with E-state index in [1.807, 2.05) is 13.0 Å². The third-order valence-electron chi connectivity index (χ3n) is 9.16. The summed E-state index contributed by atoms with van der Waals surface area (Å²) in [5, 5.41) is 0. The van der Waals surface area contributed by atoms with Gasteiger partial charge in [-0.3, -0.25) is 0 Å². The van der Waals surface area contributed by atoms with Crippen molar-refractivity contribution in [1.29, 1.82) is 0 Å². The van der Waals surface area contributed by atoms with E-state index in [-0.39, 0.29) is 30.0 Å². The van der Waals surface area contributed by atoms with Crippen LogP contribution in [-0.4, -0.2) is 30.1 Å². The van der Waals surface area contributed by atoms with E-state index in [4.69, 9.17) is 15.2 Å². The van der Waals surface area contributed by atoms with Crippen LogP contribution < -0.4 is 16.2 Å². The molecule has 2 aliphatic rings. The second kappa shape index (κ2) is 13.9. The minimum Gasteiger partial charge on any atom is -0.458 e. The third-order valence-corrected chi connectivity index (χ3v) is 9.16. The van der Waals surface area contributed by atoms with Gasteiger partial charge in [0.25, 0.3) is 0 Å². The Morgan fingerprint density at radius 3 is 2.47 bits per heavy atom. The van der Waals surface area contributed by atoms with Gasteiger partial charge in [0.2, 0.25) is 0 Å². The highest BCUT2D eigenvalue weighted by Crippen LogP contribution is 2.48. The molecule has 0 aliphatic heterocycles. The molecule has 0 aromatic heterocycles. The summed E-state index contributed by atoms with van der Waals surface area (Å²) < 4.78 is 11.7. The van der Waals surface area contributed by atoms with Crippen LogP contribution >= 0.6 is 0 Å². The molecular weight excluding hydrogens is 476 g/mol. The lowest BCUT2D eigenvalue weighted by molar-refractivity contribution is -0.411.